The number of allylic oxidation sites excluding steroid dienone is 2. The number of hydrogen-bond acceptors (Lipinski definition) is 2. The molecule has 0 aliphatic heterocycles. The van der Waals surface area contributed by atoms with Crippen molar-refractivity contribution in [2.45, 2.75) is 90.1 Å². The predicted molar refractivity (Wildman–Crippen MR) is 98.1 cm³/mol. The van der Waals surface area contributed by atoms with Crippen LogP contribution in [0.3, 0.4) is 0 Å². The SMILES string of the molecule is C[C@]12CCCC=C1CC[C@@H]1[C@@H]2CC[C@@]2(C)[C@H]1CC[C@]2(O)CCC(=O)O. The van der Waals surface area contributed by atoms with Crippen LogP contribution >= 0.6 is 0 Å². The fraction of sp³-hybridized carbons (Fsp3) is 0.864. The molecule has 0 saturated heterocycles. The largest absolute Gasteiger partial charge is 0.481 e. The quantitative estimate of drug-likeness (QED) is 0.712. The van der Waals surface area contributed by atoms with Crippen molar-refractivity contribution in [3.05, 3.63) is 11.6 Å². The Labute approximate surface area is 151 Å². The van der Waals surface area contributed by atoms with E-state index in [1.165, 1.54) is 38.5 Å². The smallest absolute Gasteiger partial charge is 0.303 e. The van der Waals surface area contributed by atoms with Gasteiger partial charge < -0.3 is 10.2 Å². The van der Waals surface area contributed by atoms with E-state index in [2.05, 4.69) is 19.9 Å². The molecule has 3 saturated carbocycles. The predicted octanol–water partition coefficient (Wildman–Crippen LogP) is 4.94. The molecule has 2 N–H and O–H groups in total. The summed E-state index contributed by atoms with van der Waals surface area (Å²) in [6.07, 6.45) is 13.7. The molecule has 0 spiro atoms. The Kier molecular flexibility index (Phi) is 4.10. The third-order valence-electron chi connectivity index (χ3n) is 9.10. The van der Waals surface area contributed by atoms with Crippen LogP contribution in [0.15, 0.2) is 11.6 Å². The molecule has 0 aromatic carbocycles. The van der Waals surface area contributed by atoms with E-state index >= 15 is 0 Å². The average Bonchev–Trinajstić information content (AvgIpc) is 2.84. The molecule has 4 aliphatic rings. The van der Waals surface area contributed by atoms with E-state index in [0.29, 0.717) is 17.8 Å². The lowest BCUT2D eigenvalue weighted by Crippen LogP contribution is -2.54. The molecule has 3 heteroatoms. The van der Waals surface area contributed by atoms with Gasteiger partial charge in [0.25, 0.3) is 0 Å². The summed E-state index contributed by atoms with van der Waals surface area (Å²) in [4.78, 5) is 11.1. The lowest BCUT2D eigenvalue weighted by Gasteiger charge is -2.59. The van der Waals surface area contributed by atoms with Gasteiger partial charge >= 0.3 is 5.97 Å². The summed E-state index contributed by atoms with van der Waals surface area (Å²) in [7, 11) is 0. The minimum Gasteiger partial charge on any atom is -0.481 e. The van der Waals surface area contributed by atoms with Gasteiger partial charge in [0.2, 0.25) is 0 Å². The molecule has 6 atom stereocenters. The van der Waals surface area contributed by atoms with E-state index < -0.39 is 11.6 Å². The van der Waals surface area contributed by atoms with E-state index in [0.717, 1.165) is 31.1 Å². The van der Waals surface area contributed by atoms with Crippen LogP contribution in [0.1, 0.15) is 84.5 Å². The van der Waals surface area contributed by atoms with Gasteiger partial charge in [0.05, 0.1) is 5.60 Å². The molecule has 0 unspecified atom stereocenters. The summed E-state index contributed by atoms with van der Waals surface area (Å²) >= 11 is 0. The lowest BCUT2D eigenvalue weighted by molar-refractivity contribution is -0.146. The first-order valence-electron chi connectivity index (χ1n) is 10.4. The molecule has 25 heavy (non-hydrogen) atoms. The molecule has 0 aromatic rings. The second kappa shape index (κ2) is 5.84. The Morgan fingerprint density at radius 2 is 1.92 bits per heavy atom. The molecule has 0 aromatic heterocycles. The third kappa shape index (κ3) is 2.44. The zero-order valence-corrected chi connectivity index (χ0v) is 15.9. The number of carboxylic acids is 1. The first-order chi connectivity index (χ1) is 11.8. The first kappa shape index (κ1) is 17.6. The van der Waals surface area contributed by atoms with Crippen molar-refractivity contribution in [3.63, 3.8) is 0 Å². The second-order valence-corrected chi connectivity index (χ2v) is 9.87. The van der Waals surface area contributed by atoms with Crippen LogP contribution in [-0.4, -0.2) is 21.8 Å². The molecule has 4 rings (SSSR count). The molecule has 0 radical (unpaired) electrons. The van der Waals surface area contributed by atoms with Crippen LogP contribution in [0, 0.1) is 28.6 Å². The van der Waals surface area contributed by atoms with Gasteiger partial charge in [-0.2, -0.15) is 0 Å². The maximum atomic E-state index is 11.4. The van der Waals surface area contributed by atoms with Gasteiger partial charge in [-0.25, -0.2) is 0 Å². The summed E-state index contributed by atoms with van der Waals surface area (Å²) in [6, 6.07) is 0. The molecule has 0 amide bonds. The number of aliphatic carboxylic acids is 1. The Morgan fingerprint density at radius 1 is 1.16 bits per heavy atom. The van der Waals surface area contributed by atoms with Gasteiger partial charge in [-0.1, -0.05) is 25.5 Å². The fourth-order valence-corrected chi connectivity index (χ4v) is 7.59. The van der Waals surface area contributed by atoms with Gasteiger partial charge in [-0.3, -0.25) is 4.79 Å². The van der Waals surface area contributed by atoms with Gasteiger partial charge in [0, 0.05) is 6.42 Å². The summed E-state index contributed by atoms with van der Waals surface area (Å²) in [5, 5.41) is 20.5. The summed E-state index contributed by atoms with van der Waals surface area (Å²) in [5.41, 5.74) is 1.26. The zero-order chi connectivity index (χ0) is 17.9. The van der Waals surface area contributed by atoms with Gasteiger partial charge in [0.15, 0.2) is 0 Å². The molecule has 3 nitrogen and oxygen atoms in total. The molecule has 0 bridgehead atoms. The van der Waals surface area contributed by atoms with E-state index in [1.54, 1.807) is 5.57 Å². The number of fused-ring (bicyclic) bond motifs is 5. The number of hydrogen-bond donors (Lipinski definition) is 2. The van der Waals surface area contributed by atoms with Crippen LogP contribution in [-0.2, 0) is 4.79 Å². The van der Waals surface area contributed by atoms with Crippen LogP contribution < -0.4 is 0 Å². The van der Waals surface area contributed by atoms with E-state index in [1.807, 2.05) is 0 Å². The minimum atomic E-state index is -0.781. The highest BCUT2D eigenvalue weighted by atomic mass is 16.4. The van der Waals surface area contributed by atoms with E-state index in [-0.39, 0.29) is 11.8 Å². The van der Waals surface area contributed by atoms with Crippen molar-refractivity contribution < 1.29 is 15.0 Å². The molecule has 4 aliphatic carbocycles. The monoisotopic (exact) mass is 346 g/mol. The zero-order valence-electron chi connectivity index (χ0n) is 15.9. The second-order valence-electron chi connectivity index (χ2n) is 9.87. The van der Waals surface area contributed by atoms with E-state index in [4.69, 9.17) is 5.11 Å². The molecule has 3 fully saturated rings. The van der Waals surface area contributed by atoms with Gasteiger partial charge in [-0.05, 0) is 92.8 Å². The van der Waals surface area contributed by atoms with Gasteiger partial charge in [-0.15, -0.1) is 0 Å². The van der Waals surface area contributed by atoms with Crippen LogP contribution in [0.25, 0.3) is 0 Å². The maximum absolute atomic E-state index is 11.4. The third-order valence-corrected chi connectivity index (χ3v) is 9.10. The number of rotatable bonds is 3. The standard InChI is InChI=1S/C22H34O3/c1-20-11-4-3-5-15(20)6-7-16-17(20)8-12-21(2)18(16)9-13-22(21,25)14-10-19(23)24/h5,16-18,25H,3-4,6-14H2,1-2H3,(H,23,24)/t16-,17+,18+,20+,21+,22+/m1/s1. The summed E-state index contributed by atoms with van der Waals surface area (Å²) in [6.45, 7) is 4.79. The highest BCUT2D eigenvalue weighted by molar-refractivity contribution is 5.66. The molecule has 140 valence electrons. The highest BCUT2D eigenvalue weighted by Crippen LogP contribution is 2.68. The number of carbonyl (C=O) groups is 1. The van der Waals surface area contributed by atoms with Crippen LogP contribution in [0.4, 0.5) is 0 Å². The van der Waals surface area contributed by atoms with Crippen molar-refractivity contribution in [1.29, 1.82) is 0 Å². The van der Waals surface area contributed by atoms with Crippen molar-refractivity contribution >= 4 is 5.97 Å². The van der Waals surface area contributed by atoms with Gasteiger partial charge in [0.1, 0.15) is 0 Å². The topological polar surface area (TPSA) is 57.5 Å². The molecule has 0 heterocycles. The number of aliphatic hydroxyl groups is 1. The Bertz CT molecular complexity index is 596. The van der Waals surface area contributed by atoms with Crippen molar-refractivity contribution in [1.82, 2.24) is 0 Å². The van der Waals surface area contributed by atoms with E-state index in [9.17, 15) is 9.90 Å². The minimum absolute atomic E-state index is 0.0874. The van der Waals surface area contributed by atoms with Crippen LogP contribution in [0.5, 0.6) is 0 Å². The Morgan fingerprint density at radius 3 is 2.68 bits per heavy atom. The molecular weight excluding hydrogens is 312 g/mol. The van der Waals surface area contributed by atoms with Crippen molar-refractivity contribution in [3.8, 4) is 0 Å². The number of carboxylic acid groups (broad SMARTS) is 1. The maximum Gasteiger partial charge on any atom is 0.303 e. The first-order valence-corrected chi connectivity index (χ1v) is 10.4. The normalized spacial score (nSPS) is 48.9. The van der Waals surface area contributed by atoms with Crippen molar-refractivity contribution in [2.24, 2.45) is 28.6 Å². The Hall–Kier alpha value is -0.830. The van der Waals surface area contributed by atoms with Crippen molar-refractivity contribution in [2.75, 3.05) is 0 Å². The fourth-order valence-electron chi connectivity index (χ4n) is 7.59. The van der Waals surface area contributed by atoms with Crippen LogP contribution in [0.2, 0.25) is 0 Å². The lowest BCUT2D eigenvalue weighted by atomic mass is 9.46. The molecular formula is C22H34O3. The summed E-state index contributed by atoms with van der Waals surface area (Å²) in [5.74, 6) is 1.28. The summed E-state index contributed by atoms with van der Waals surface area (Å²) < 4.78 is 0. The average molecular weight is 347 g/mol. The highest BCUT2D eigenvalue weighted by Gasteiger charge is 2.63. The Balaban J connectivity index is 1.60.